The number of halogens is 1. The molecular weight excluding hydrogens is 792 g/mol. The molecule has 330 valence electrons. The lowest BCUT2D eigenvalue weighted by Gasteiger charge is -2.38. The van der Waals surface area contributed by atoms with Crippen molar-refractivity contribution >= 4 is 41.0 Å². The Labute approximate surface area is 357 Å². The van der Waals surface area contributed by atoms with Crippen LogP contribution < -0.4 is 33.6 Å². The summed E-state index contributed by atoms with van der Waals surface area (Å²) in [6.07, 6.45) is 3.18. The van der Waals surface area contributed by atoms with Crippen molar-refractivity contribution in [3.05, 3.63) is 82.1 Å². The fourth-order valence-electron chi connectivity index (χ4n) is 6.87. The predicted molar refractivity (Wildman–Crippen MR) is 232 cm³/mol. The smallest absolute Gasteiger partial charge is 0.280 e. The maximum absolute atomic E-state index is 12.4. The number of hydrogen-bond acceptors (Lipinski definition) is 14. The van der Waals surface area contributed by atoms with Gasteiger partial charge in [-0.15, -0.1) is 0 Å². The van der Waals surface area contributed by atoms with E-state index >= 15 is 0 Å². The van der Waals surface area contributed by atoms with Gasteiger partial charge in [0.25, 0.3) is 5.91 Å². The zero-order chi connectivity index (χ0) is 43.4. The van der Waals surface area contributed by atoms with Gasteiger partial charge >= 0.3 is 0 Å². The molecule has 1 aliphatic rings. The van der Waals surface area contributed by atoms with E-state index < -0.39 is 48.6 Å². The number of ether oxygens (including phenoxy) is 2. The van der Waals surface area contributed by atoms with Crippen LogP contribution in [0.1, 0.15) is 91.8 Å². The van der Waals surface area contributed by atoms with E-state index in [4.69, 9.17) is 44.0 Å². The number of nitrogens with zero attached hydrogens (tertiary/aromatic N) is 4. The fraction of sp³-hybridized carbons (Fsp3) is 0.548. The third-order valence-corrected chi connectivity index (χ3v) is 10.6. The molecule has 2 aromatic carbocycles. The lowest BCUT2D eigenvalue weighted by Crippen LogP contribution is -2.54. The third-order valence-electron chi connectivity index (χ3n) is 10.3. The topological polar surface area (TPSA) is 283 Å². The van der Waals surface area contributed by atoms with Crippen LogP contribution in [0.2, 0.25) is 5.15 Å². The number of anilines is 2. The SMILES string of the molecule is CCCCCCN(CCCNC(CCc1ccc(CCCCN=C(N)NC(=O)c2nc(Cl)c(N)nc2N)cc1)C(N)=O)CC(O)C(O)[C@@H]1OC(c2ccccc2)OC[C@H]1O. The highest BCUT2D eigenvalue weighted by Gasteiger charge is 2.39. The van der Waals surface area contributed by atoms with E-state index in [1.165, 1.54) is 0 Å². The van der Waals surface area contributed by atoms with Crippen LogP contribution in [0.5, 0.6) is 0 Å². The number of amides is 2. The average Bonchev–Trinajstić information content (AvgIpc) is 3.23. The number of aliphatic imine (C=N–C) groups is 1. The van der Waals surface area contributed by atoms with Crippen LogP contribution in [0.25, 0.3) is 0 Å². The monoisotopic (exact) mass is 854 g/mol. The number of nitrogens with one attached hydrogen (secondary N) is 2. The zero-order valence-corrected chi connectivity index (χ0v) is 35.2. The minimum atomic E-state index is -1.33. The van der Waals surface area contributed by atoms with Crippen molar-refractivity contribution in [1.82, 2.24) is 25.5 Å². The number of carbonyl (C=O) groups is 2. The van der Waals surface area contributed by atoms with Crippen LogP contribution in [0.3, 0.4) is 0 Å². The molecule has 4 rings (SSSR count). The summed E-state index contributed by atoms with van der Waals surface area (Å²) in [7, 11) is 0. The standard InChI is InChI=1S/C42H63ClN10O7/c1-2-3-4-10-23-53(25-31(54)34(56)35-32(55)26-59-41(60-35)29-13-6-5-7-14-29)24-11-22-48-30(39(46)57)20-19-28-17-15-27(16-18-28)12-8-9-21-49-42(47)52-40(58)33-37(44)51-38(45)36(43)50-33/h5-7,13-18,30-32,34-35,41,48,54-56H,2-4,8-12,19-26H2,1H3,(H2,46,57)(H4,44,45,51)(H3,47,49,52,58)/t30?,31?,32-,34?,35-,41?/m1/s1. The fourth-order valence-corrected chi connectivity index (χ4v) is 6.99. The van der Waals surface area contributed by atoms with Gasteiger partial charge in [-0.1, -0.05) is 92.4 Å². The molecule has 18 heteroatoms. The molecule has 0 bridgehead atoms. The van der Waals surface area contributed by atoms with Gasteiger partial charge in [-0.05, 0) is 75.7 Å². The van der Waals surface area contributed by atoms with Gasteiger partial charge in [0.1, 0.15) is 18.3 Å². The van der Waals surface area contributed by atoms with Crippen molar-refractivity contribution in [1.29, 1.82) is 0 Å². The van der Waals surface area contributed by atoms with Crippen LogP contribution in [0, 0.1) is 0 Å². The first-order valence-corrected chi connectivity index (χ1v) is 21.1. The number of nitrogen functional groups attached to an aromatic ring is 2. The first-order valence-electron chi connectivity index (χ1n) is 20.7. The molecule has 60 heavy (non-hydrogen) atoms. The van der Waals surface area contributed by atoms with E-state index in [0.29, 0.717) is 38.9 Å². The summed E-state index contributed by atoms with van der Waals surface area (Å²) in [6.45, 7) is 4.64. The highest BCUT2D eigenvalue weighted by atomic mass is 35.5. The number of carbonyl (C=O) groups excluding carboxylic acids is 2. The Bertz CT molecular complexity index is 1790. The first-order chi connectivity index (χ1) is 28.9. The second-order valence-electron chi connectivity index (χ2n) is 15.1. The minimum Gasteiger partial charge on any atom is -0.389 e. The van der Waals surface area contributed by atoms with Crippen LogP contribution in [-0.4, -0.2) is 118 Å². The number of aliphatic hydroxyl groups is 3. The Morgan fingerprint density at radius 2 is 1.63 bits per heavy atom. The molecule has 0 spiro atoms. The largest absolute Gasteiger partial charge is 0.389 e. The van der Waals surface area contributed by atoms with Gasteiger partial charge in [0.05, 0.1) is 18.8 Å². The number of hydrogen-bond donors (Lipinski definition) is 9. The van der Waals surface area contributed by atoms with Gasteiger partial charge < -0.3 is 57.9 Å². The molecule has 1 fully saturated rings. The number of aliphatic hydroxyl groups excluding tert-OH is 3. The predicted octanol–water partition coefficient (Wildman–Crippen LogP) is 2.21. The number of unbranched alkanes of at least 4 members (excludes halogenated alkanes) is 4. The summed E-state index contributed by atoms with van der Waals surface area (Å²) in [5.74, 6) is -1.43. The van der Waals surface area contributed by atoms with Crippen molar-refractivity contribution < 1.29 is 34.4 Å². The summed E-state index contributed by atoms with van der Waals surface area (Å²) >= 11 is 5.84. The summed E-state index contributed by atoms with van der Waals surface area (Å²) in [4.78, 5) is 38.7. The normalized spacial score (nSPS) is 18.6. The molecule has 2 heterocycles. The molecule has 0 radical (unpaired) electrons. The molecule has 4 unspecified atom stereocenters. The van der Waals surface area contributed by atoms with Gasteiger partial charge in [0.2, 0.25) is 5.91 Å². The molecule has 3 aromatic rings. The summed E-state index contributed by atoms with van der Waals surface area (Å²) in [6, 6.07) is 17.0. The number of guanidine groups is 1. The number of rotatable bonds is 25. The maximum Gasteiger partial charge on any atom is 0.280 e. The minimum absolute atomic E-state index is 0.0228. The van der Waals surface area contributed by atoms with Crippen LogP contribution in [0.15, 0.2) is 59.6 Å². The van der Waals surface area contributed by atoms with Crippen molar-refractivity contribution in [2.45, 2.75) is 108 Å². The van der Waals surface area contributed by atoms with Crippen LogP contribution in [0.4, 0.5) is 11.6 Å². The highest BCUT2D eigenvalue weighted by molar-refractivity contribution is 6.31. The van der Waals surface area contributed by atoms with E-state index in [1.807, 2.05) is 30.3 Å². The molecule has 6 atom stereocenters. The van der Waals surface area contributed by atoms with Crippen molar-refractivity contribution in [3.63, 3.8) is 0 Å². The number of primary amides is 1. The Kier molecular flexibility index (Phi) is 20.4. The summed E-state index contributed by atoms with van der Waals surface area (Å²) in [5, 5.41) is 38.5. The lowest BCUT2D eigenvalue weighted by atomic mass is 10.0. The average molecular weight is 855 g/mol. The number of nitrogens with two attached hydrogens (primary N) is 4. The first kappa shape index (κ1) is 48.2. The number of aryl methyl sites for hydroxylation is 2. The summed E-state index contributed by atoms with van der Waals surface area (Å²) in [5.41, 5.74) is 25.7. The highest BCUT2D eigenvalue weighted by Crippen LogP contribution is 2.29. The van der Waals surface area contributed by atoms with E-state index in [0.717, 1.165) is 68.2 Å². The second kappa shape index (κ2) is 25.3. The van der Waals surface area contributed by atoms with Gasteiger partial charge in [-0.25, -0.2) is 9.97 Å². The molecule has 2 amide bonds. The third kappa shape index (κ3) is 15.9. The van der Waals surface area contributed by atoms with Crippen molar-refractivity contribution in [2.24, 2.45) is 16.5 Å². The van der Waals surface area contributed by atoms with Gasteiger partial charge in [-0.3, -0.25) is 19.9 Å². The van der Waals surface area contributed by atoms with E-state index in [2.05, 4.69) is 61.7 Å². The molecule has 13 N–H and O–H groups in total. The number of benzene rings is 2. The van der Waals surface area contributed by atoms with Crippen molar-refractivity contribution in [2.75, 3.05) is 50.8 Å². The quantitative estimate of drug-likeness (QED) is 0.0336. The Morgan fingerprint density at radius 3 is 2.33 bits per heavy atom. The molecule has 17 nitrogen and oxygen atoms in total. The maximum atomic E-state index is 12.4. The Hall–Kier alpha value is -4.46. The van der Waals surface area contributed by atoms with Gasteiger partial charge in [0, 0.05) is 18.7 Å². The van der Waals surface area contributed by atoms with E-state index in [9.17, 15) is 24.9 Å². The van der Waals surface area contributed by atoms with Gasteiger partial charge in [-0.2, -0.15) is 0 Å². The van der Waals surface area contributed by atoms with E-state index in [1.54, 1.807) is 0 Å². The molecule has 0 saturated carbocycles. The number of aromatic nitrogens is 2. The molecule has 0 aliphatic carbocycles. The molecular formula is C42H63ClN10O7. The Balaban J connectivity index is 1.17. The lowest BCUT2D eigenvalue weighted by molar-refractivity contribution is -0.283. The van der Waals surface area contributed by atoms with E-state index in [-0.39, 0.29) is 41.6 Å². The summed E-state index contributed by atoms with van der Waals surface area (Å²) < 4.78 is 11.6. The Morgan fingerprint density at radius 1 is 0.933 bits per heavy atom. The van der Waals surface area contributed by atoms with Crippen LogP contribution in [-0.2, 0) is 27.1 Å². The molecule has 1 aliphatic heterocycles. The van der Waals surface area contributed by atoms with Gasteiger partial charge in [0.15, 0.2) is 34.7 Å². The van der Waals surface area contributed by atoms with Crippen LogP contribution >= 0.6 is 11.6 Å². The molecule has 1 saturated heterocycles. The second-order valence-corrected chi connectivity index (χ2v) is 15.5. The zero-order valence-electron chi connectivity index (χ0n) is 34.4. The molecule has 1 aromatic heterocycles. The van der Waals surface area contributed by atoms with Crippen molar-refractivity contribution in [3.8, 4) is 0 Å².